The van der Waals surface area contributed by atoms with E-state index in [9.17, 15) is 0 Å². The molecule has 0 amide bonds. The minimum absolute atomic E-state index is 0.782. The van der Waals surface area contributed by atoms with Crippen LogP contribution in [-0.2, 0) is 0 Å². The molecule has 0 aromatic heterocycles. The van der Waals surface area contributed by atoms with E-state index in [-0.39, 0.29) is 0 Å². The second-order valence-corrected chi connectivity index (χ2v) is 3.89. The molecule has 0 bridgehead atoms. The van der Waals surface area contributed by atoms with Crippen LogP contribution in [0.15, 0.2) is 12.2 Å². The highest BCUT2D eigenvalue weighted by Gasteiger charge is 2.30. The van der Waals surface area contributed by atoms with Crippen LogP contribution in [0.2, 0.25) is 0 Å². The Bertz CT molecular complexity index is 162. The Kier molecular flexibility index (Phi) is 1.99. The lowest BCUT2D eigenvalue weighted by atomic mass is 9.93. The van der Waals surface area contributed by atoms with Gasteiger partial charge in [0.1, 0.15) is 0 Å². The minimum atomic E-state index is 0.782. The summed E-state index contributed by atoms with van der Waals surface area (Å²) in [6.07, 6.45) is 7.03. The number of nitrogens with one attached hydrogen (secondary N) is 1. The summed E-state index contributed by atoms with van der Waals surface area (Å²) in [5.41, 5.74) is 1.46. The van der Waals surface area contributed by atoms with Crippen molar-refractivity contribution in [3.8, 4) is 0 Å². The summed E-state index contributed by atoms with van der Waals surface area (Å²) in [6, 6.07) is 0.782. The molecule has 0 unspecified atom stereocenters. The maximum absolute atomic E-state index is 4.12. The van der Waals surface area contributed by atoms with E-state index in [1.165, 1.54) is 37.7 Å². The molecule has 1 nitrogen and oxygen atoms in total. The van der Waals surface area contributed by atoms with Crippen molar-refractivity contribution in [3.05, 3.63) is 12.2 Å². The number of fused-ring (bicyclic) bond motifs is 1. The van der Waals surface area contributed by atoms with E-state index >= 15 is 0 Å². The molecule has 0 aromatic rings. The lowest BCUT2D eigenvalue weighted by Crippen LogP contribution is -2.25. The van der Waals surface area contributed by atoms with E-state index in [0.717, 1.165) is 18.5 Å². The summed E-state index contributed by atoms with van der Waals surface area (Å²) in [4.78, 5) is 0. The fourth-order valence-electron chi connectivity index (χ4n) is 2.43. The zero-order valence-corrected chi connectivity index (χ0v) is 7.10. The third-order valence-corrected chi connectivity index (χ3v) is 3.13. The molecule has 1 saturated heterocycles. The van der Waals surface area contributed by atoms with E-state index in [1.807, 2.05) is 0 Å². The van der Waals surface area contributed by atoms with E-state index < -0.39 is 0 Å². The van der Waals surface area contributed by atoms with Gasteiger partial charge in [0.25, 0.3) is 0 Å². The summed E-state index contributed by atoms with van der Waals surface area (Å²) in [5.74, 6) is 0.817. The van der Waals surface area contributed by atoms with E-state index in [0.29, 0.717) is 0 Å². The normalized spacial score (nSPS) is 38.4. The van der Waals surface area contributed by atoms with Gasteiger partial charge in [0.2, 0.25) is 0 Å². The van der Waals surface area contributed by atoms with E-state index in [1.54, 1.807) is 0 Å². The summed E-state index contributed by atoms with van der Waals surface area (Å²) in [6.45, 7) is 5.20. The van der Waals surface area contributed by atoms with Crippen molar-refractivity contribution >= 4 is 0 Å². The number of hydrogen-bond acceptors (Lipinski definition) is 1. The predicted octanol–water partition coefficient (Wildman–Crippen LogP) is 2.09. The Morgan fingerprint density at radius 1 is 1.18 bits per heavy atom. The second kappa shape index (κ2) is 2.98. The molecule has 0 aromatic carbocycles. The van der Waals surface area contributed by atoms with Crippen LogP contribution < -0.4 is 5.32 Å². The predicted molar refractivity (Wildman–Crippen MR) is 47.5 cm³/mol. The summed E-state index contributed by atoms with van der Waals surface area (Å²) in [5, 5.41) is 3.55. The van der Waals surface area contributed by atoms with Gasteiger partial charge in [0.05, 0.1) is 0 Å². The standard InChI is InChI=1S/C10H17N/c1-8-7-11-10-6-4-2-3-5-9(8)10/h9-11H,1-7H2/t9-,10+/m0/s1. The highest BCUT2D eigenvalue weighted by molar-refractivity contribution is 5.13. The average molecular weight is 151 g/mol. The van der Waals surface area contributed by atoms with Gasteiger partial charge < -0.3 is 5.32 Å². The highest BCUT2D eigenvalue weighted by atomic mass is 15.0. The average Bonchev–Trinajstić information content (AvgIpc) is 2.25. The monoisotopic (exact) mass is 151 g/mol. The Balaban J connectivity index is 2.06. The summed E-state index contributed by atoms with van der Waals surface area (Å²) < 4.78 is 0. The van der Waals surface area contributed by atoms with Gasteiger partial charge in [0, 0.05) is 12.6 Å². The van der Waals surface area contributed by atoms with Crippen LogP contribution in [0.3, 0.4) is 0 Å². The molecule has 1 saturated carbocycles. The Hall–Kier alpha value is -0.300. The summed E-state index contributed by atoms with van der Waals surface area (Å²) >= 11 is 0. The zero-order valence-electron chi connectivity index (χ0n) is 7.10. The SMILES string of the molecule is C=C1CN[C@@H]2CCCCC[C@@H]12. The van der Waals surface area contributed by atoms with Crippen molar-refractivity contribution < 1.29 is 0 Å². The first-order valence-electron chi connectivity index (χ1n) is 4.79. The van der Waals surface area contributed by atoms with Crippen LogP contribution in [0, 0.1) is 5.92 Å². The van der Waals surface area contributed by atoms with Gasteiger partial charge in [-0.1, -0.05) is 31.4 Å². The fourth-order valence-corrected chi connectivity index (χ4v) is 2.43. The number of hydrogen-bond donors (Lipinski definition) is 1. The smallest absolute Gasteiger partial charge is 0.0168 e. The molecule has 11 heavy (non-hydrogen) atoms. The minimum Gasteiger partial charge on any atom is -0.310 e. The third kappa shape index (κ3) is 1.34. The van der Waals surface area contributed by atoms with Gasteiger partial charge in [0.15, 0.2) is 0 Å². The van der Waals surface area contributed by atoms with E-state index in [2.05, 4.69) is 11.9 Å². The van der Waals surface area contributed by atoms with Crippen molar-refractivity contribution in [1.29, 1.82) is 0 Å². The van der Waals surface area contributed by atoms with Crippen molar-refractivity contribution in [1.82, 2.24) is 5.32 Å². The van der Waals surface area contributed by atoms with Gasteiger partial charge in [-0.3, -0.25) is 0 Å². The van der Waals surface area contributed by atoms with Crippen molar-refractivity contribution in [2.45, 2.75) is 38.1 Å². The molecule has 1 heteroatoms. The Morgan fingerprint density at radius 2 is 2.00 bits per heavy atom. The molecule has 2 fully saturated rings. The van der Waals surface area contributed by atoms with Crippen LogP contribution >= 0.6 is 0 Å². The molecule has 62 valence electrons. The highest BCUT2D eigenvalue weighted by Crippen LogP contribution is 2.31. The van der Waals surface area contributed by atoms with Crippen LogP contribution in [0.1, 0.15) is 32.1 Å². The zero-order chi connectivity index (χ0) is 7.68. The molecule has 2 aliphatic rings. The largest absolute Gasteiger partial charge is 0.310 e. The summed E-state index contributed by atoms with van der Waals surface area (Å²) in [7, 11) is 0. The molecular formula is C10H17N. The molecule has 1 aliphatic carbocycles. The quantitative estimate of drug-likeness (QED) is 0.523. The Labute approximate surface area is 68.9 Å². The third-order valence-electron chi connectivity index (χ3n) is 3.13. The first-order chi connectivity index (χ1) is 5.38. The molecule has 1 aliphatic heterocycles. The van der Waals surface area contributed by atoms with Crippen LogP contribution in [0.25, 0.3) is 0 Å². The molecule has 2 atom stereocenters. The van der Waals surface area contributed by atoms with Crippen molar-refractivity contribution in [2.24, 2.45) is 5.92 Å². The first kappa shape index (κ1) is 7.35. The topological polar surface area (TPSA) is 12.0 Å². The van der Waals surface area contributed by atoms with Gasteiger partial charge in [-0.2, -0.15) is 0 Å². The maximum Gasteiger partial charge on any atom is 0.0168 e. The molecule has 1 N–H and O–H groups in total. The molecule has 1 heterocycles. The second-order valence-electron chi connectivity index (χ2n) is 3.89. The van der Waals surface area contributed by atoms with Gasteiger partial charge in [-0.15, -0.1) is 0 Å². The fraction of sp³-hybridized carbons (Fsp3) is 0.800. The Morgan fingerprint density at radius 3 is 2.91 bits per heavy atom. The molecule has 2 rings (SSSR count). The maximum atomic E-state index is 4.12. The lowest BCUT2D eigenvalue weighted by Gasteiger charge is -2.15. The van der Waals surface area contributed by atoms with Crippen LogP contribution in [-0.4, -0.2) is 12.6 Å². The molecular weight excluding hydrogens is 134 g/mol. The van der Waals surface area contributed by atoms with Crippen LogP contribution in [0.4, 0.5) is 0 Å². The van der Waals surface area contributed by atoms with E-state index in [4.69, 9.17) is 0 Å². The lowest BCUT2D eigenvalue weighted by molar-refractivity contribution is 0.456. The first-order valence-corrected chi connectivity index (χ1v) is 4.79. The van der Waals surface area contributed by atoms with Gasteiger partial charge in [-0.05, 0) is 18.8 Å². The van der Waals surface area contributed by atoms with Gasteiger partial charge in [-0.25, -0.2) is 0 Å². The van der Waals surface area contributed by atoms with Crippen LogP contribution in [0.5, 0.6) is 0 Å². The van der Waals surface area contributed by atoms with Crippen molar-refractivity contribution in [3.63, 3.8) is 0 Å². The van der Waals surface area contributed by atoms with Gasteiger partial charge >= 0.3 is 0 Å². The molecule has 0 radical (unpaired) electrons. The molecule has 0 spiro atoms. The number of rotatable bonds is 0. The van der Waals surface area contributed by atoms with Crippen molar-refractivity contribution in [2.75, 3.05) is 6.54 Å².